The molecule has 24 heavy (non-hydrogen) atoms. The highest BCUT2D eigenvalue weighted by Crippen LogP contribution is 2.30. The number of benzene rings is 2. The van der Waals surface area contributed by atoms with E-state index in [1.54, 1.807) is 7.11 Å². The standard InChI is InChI=1S/C21H28N2O/c1-16-9-10-20(17(2)21(16)24-3)22-19-11-13-23(14-12-19)15-18-7-5-4-6-8-18/h4-10,19,22H,11-15H2,1-3H3. The van der Waals surface area contributed by atoms with E-state index in [-0.39, 0.29) is 0 Å². The Morgan fingerprint density at radius 1 is 1.04 bits per heavy atom. The molecular weight excluding hydrogens is 296 g/mol. The lowest BCUT2D eigenvalue weighted by Crippen LogP contribution is -2.38. The maximum atomic E-state index is 5.54. The Balaban J connectivity index is 1.56. The maximum absolute atomic E-state index is 5.54. The molecule has 3 nitrogen and oxygen atoms in total. The summed E-state index contributed by atoms with van der Waals surface area (Å²) in [5.74, 6) is 1.00. The van der Waals surface area contributed by atoms with Crippen LogP contribution in [0.5, 0.6) is 5.75 Å². The van der Waals surface area contributed by atoms with Crippen LogP contribution in [0, 0.1) is 13.8 Å². The molecule has 0 bridgehead atoms. The molecule has 1 aliphatic heterocycles. The highest BCUT2D eigenvalue weighted by molar-refractivity contribution is 5.60. The van der Waals surface area contributed by atoms with E-state index in [1.165, 1.54) is 35.2 Å². The Bertz CT molecular complexity index is 661. The Morgan fingerprint density at radius 3 is 2.42 bits per heavy atom. The summed E-state index contributed by atoms with van der Waals surface area (Å²) in [7, 11) is 1.75. The van der Waals surface area contributed by atoms with Gasteiger partial charge in [0.2, 0.25) is 0 Å². The zero-order valence-electron chi connectivity index (χ0n) is 15.0. The van der Waals surface area contributed by atoms with E-state index < -0.39 is 0 Å². The molecule has 0 aromatic heterocycles. The fourth-order valence-electron chi connectivity index (χ4n) is 3.59. The summed E-state index contributed by atoms with van der Waals surface area (Å²) < 4.78 is 5.54. The molecular formula is C21H28N2O. The van der Waals surface area contributed by atoms with Gasteiger partial charge in [0.15, 0.2) is 0 Å². The fraction of sp³-hybridized carbons (Fsp3) is 0.429. The van der Waals surface area contributed by atoms with E-state index in [0.717, 1.165) is 25.4 Å². The van der Waals surface area contributed by atoms with Crippen LogP contribution in [0.1, 0.15) is 29.5 Å². The van der Waals surface area contributed by atoms with Gasteiger partial charge in [-0.3, -0.25) is 4.90 Å². The Kier molecular flexibility index (Phi) is 5.41. The predicted molar refractivity (Wildman–Crippen MR) is 101 cm³/mol. The van der Waals surface area contributed by atoms with Crippen molar-refractivity contribution in [3.05, 3.63) is 59.2 Å². The van der Waals surface area contributed by atoms with Crippen LogP contribution in [0.15, 0.2) is 42.5 Å². The summed E-state index contributed by atoms with van der Waals surface area (Å²) in [4.78, 5) is 2.55. The van der Waals surface area contributed by atoms with E-state index in [9.17, 15) is 0 Å². The van der Waals surface area contributed by atoms with Crippen molar-refractivity contribution < 1.29 is 4.74 Å². The van der Waals surface area contributed by atoms with Crippen LogP contribution in [0.25, 0.3) is 0 Å². The van der Waals surface area contributed by atoms with Crippen molar-refractivity contribution in [2.45, 2.75) is 39.3 Å². The number of likely N-dealkylation sites (tertiary alicyclic amines) is 1. The first kappa shape index (κ1) is 16.8. The first-order valence-electron chi connectivity index (χ1n) is 8.84. The molecule has 1 aliphatic rings. The van der Waals surface area contributed by atoms with Gasteiger partial charge in [0.25, 0.3) is 0 Å². The normalized spacial score (nSPS) is 16.1. The number of rotatable bonds is 5. The molecule has 3 rings (SSSR count). The molecule has 0 unspecified atom stereocenters. The maximum Gasteiger partial charge on any atom is 0.126 e. The molecule has 0 spiro atoms. The fourth-order valence-corrected chi connectivity index (χ4v) is 3.59. The van der Waals surface area contributed by atoms with E-state index in [0.29, 0.717) is 6.04 Å². The molecule has 1 N–H and O–H groups in total. The number of nitrogens with zero attached hydrogens (tertiary/aromatic N) is 1. The topological polar surface area (TPSA) is 24.5 Å². The molecule has 0 saturated carbocycles. The van der Waals surface area contributed by atoms with E-state index in [2.05, 4.69) is 66.5 Å². The largest absolute Gasteiger partial charge is 0.496 e. The second-order valence-electron chi connectivity index (χ2n) is 6.77. The smallest absolute Gasteiger partial charge is 0.126 e. The number of piperidine rings is 1. The third-order valence-corrected chi connectivity index (χ3v) is 5.00. The molecule has 0 radical (unpaired) electrons. The number of anilines is 1. The molecule has 0 amide bonds. The number of methoxy groups -OCH3 is 1. The molecule has 0 atom stereocenters. The van der Waals surface area contributed by atoms with Gasteiger partial charge in [0.1, 0.15) is 5.75 Å². The second-order valence-corrected chi connectivity index (χ2v) is 6.77. The molecule has 0 aliphatic carbocycles. The Hall–Kier alpha value is -2.00. The summed E-state index contributed by atoms with van der Waals surface area (Å²) in [6.07, 6.45) is 2.37. The van der Waals surface area contributed by atoms with E-state index in [1.807, 2.05) is 0 Å². The quantitative estimate of drug-likeness (QED) is 0.883. The lowest BCUT2D eigenvalue weighted by molar-refractivity contribution is 0.211. The first-order chi connectivity index (χ1) is 11.7. The van der Waals surface area contributed by atoms with Gasteiger partial charge < -0.3 is 10.1 Å². The number of aryl methyl sites for hydroxylation is 1. The van der Waals surface area contributed by atoms with Crippen LogP contribution in [0.2, 0.25) is 0 Å². The van der Waals surface area contributed by atoms with Gasteiger partial charge in [-0.2, -0.15) is 0 Å². The van der Waals surface area contributed by atoms with Crippen molar-refractivity contribution in [1.29, 1.82) is 0 Å². The summed E-state index contributed by atoms with van der Waals surface area (Å²) in [6, 6.07) is 15.6. The van der Waals surface area contributed by atoms with Gasteiger partial charge in [-0.1, -0.05) is 36.4 Å². The highest BCUT2D eigenvalue weighted by atomic mass is 16.5. The minimum atomic E-state index is 0.545. The van der Waals surface area contributed by atoms with Crippen LogP contribution in [-0.4, -0.2) is 31.1 Å². The summed E-state index contributed by atoms with van der Waals surface area (Å²) >= 11 is 0. The monoisotopic (exact) mass is 324 g/mol. The average molecular weight is 324 g/mol. The van der Waals surface area contributed by atoms with Crippen molar-refractivity contribution in [2.24, 2.45) is 0 Å². The molecule has 2 aromatic carbocycles. The molecule has 2 aromatic rings. The number of ether oxygens (including phenoxy) is 1. The summed E-state index contributed by atoms with van der Waals surface area (Å²) in [5, 5.41) is 3.73. The van der Waals surface area contributed by atoms with Crippen LogP contribution >= 0.6 is 0 Å². The van der Waals surface area contributed by atoms with Gasteiger partial charge in [0, 0.05) is 36.9 Å². The highest BCUT2D eigenvalue weighted by Gasteiger charge is 2.20. The van der Waals surface area contributed by atoms with Crippen molar-refractivity contribution in [3.8, 4) is 5.75 Å². The number of hydrogen-bond donors (Lipinski definition) is 1. The van der Waals surface area contributed by atoms with Crippen molar-refractivity contribution in [2.75, 3.05) is 25.5 Å². The van der Waals surface area contributed by atoms with Crippen LogP contribution in [-0.2, 0) is 6.54 Å². The zero-order valence-corrected chi connectivity index (χ0v) is 15.0. The van der Waals surface area contributed by atoms with Crippen molar-refractivity contribution in [1.82, 2.24) is 4.90 Å². The van der Waals surface area contributed by atoms with Crippen LogP contribution in [0.4, 0.5) is 5.69 Å². The summed E-state index contributed by atoms with van der Waals surface area (Å²) in [6.45, 7) is 7.59. The van der Waals surface area contributed by atoms with E-state index in [4.69, 9.17) is 4.74 Å². The van der Waals surface area contributed by atoms with Gasteiger partial charge in [0.05, 0.1) is 7.11 Å². The van der Waals surface area contributed by atoms with Gasteiger partial charge in [-0.15, -0.1) is 0 Å². The lowest BCUT2D eigenvalue weighted by atomic mass is 10.0. The number of nitrogens with one attached hydrogen (secondary N) is 1. The molecule has 1 fully saturated rings. The first-order valence-corrected chi connectivity index (χ1v) is 8.84. The lowest BCUT2D eigenvalue weighted by Gasteiger charge is -2.33. The third kappa shape index (κ3) is 3.90. The SMILES string of the molecule is COc1c(C)ccc(NC2CCN(Cc3ccccc3)CC2)c1C. The van der Waals surface area contributed by atoms with Gasteiger partial charge in [-0.25, -0.2) is 0 Å². The van der Waals surface area contributed by atoms with Crippen LogP contribution < -0.4 is 10.1 Å². The van der Waals surface area contributed by atoms with Crippen molar-refractivity contribution >= 4 is 5.69 Å². The minimum Gasteiger partial charge on any atom is -0.496 e. The minimum absolute atomic E-state index is 0.545. The molecule has 128 valence electrons. The van der Waals surface area contributed by atoms with E-state index >= 15 is 0 Å². The predicted octanol–water partition coefficient (Wildman–Crippen LogP) is 4.39. The van der Waals surface area contributed by atoms with Gasteiger partial charge in [-0.05, 0) is 43.9 Å². The molecule has 3 heteroatoms. The van der Waals surface area contributed by atoms with Gasteiger partial charge >= 0.3 is 0 Å². The third-order valence-electron chi connectivity index (χ3n) is 5.00. The van der Waals surface area contributed by atoms with Crippen molar-refractivity contribution in [3.63, 3.8) is 0 Å². The van der Waals surface area contributed by atoms with Crippen LogP contribution in [0.3, 0.4) is 0 Å². The Morgan fingerprint density at radius 2 is 1.75 bits per heavy atom. The Labute approximate surface area is 145 Å². The molecule has 1 heterocycles. The second kappa shape index (κ2) is 7.71. The molecule has 1 saturated heterocycles. The summed E-state index contributed by atoms with van der Waals surface area (Å²) in [5.41, 5.74) is 5.02. The number of hydrogen-bond acceptors (Lipinski definition) is 3. The average Bonchev–Trinajstić information content (AvgIpc) is 2.60. The zero-order chi connectivity index (χ0) is 16.9.